The number of carboxylic acids is 1. The van der Waals surface area contributed by atoms with Crippen LogP contribution < -0.4 is 10.6 Å². The molecule has 0 spiro atoms. The quantitative estimate of drug-likeness (QED) is 0.578. The number of hydrogen-bond donors (Lipinski definition) is 3. The maximum Gasteiger partial charge on any atom is 0.323 e. The highest BCUT2D eigenvalue weighted by molar-refractivity contribution is 5.79. The predicted octanol–water partition coefficient (Wildman–Crippen LogP) is -0.343. The summed E-state index contributed by atoms with van der Waals surface area (Å²) in [6.45, 7) is 0.822. The van der Waals surface area contributed by atoms with Crippen LogP contribution in [0.2, 0.25) is 0 Å². The molecule has 1 aromatic heterocycles. The van der Waals surface area contributed by atoms with Crippen LogP contribution >= 0.6 is 0 Å². The summed E-state index contributed by atoms with van der Waals surface area (Å²) in [6, 6.07) is 1.36. The molecular formula is C9H14N4O3. The lowest BCUT2D eigenvalue weighted by Gasteiger charge is -2.05. The van der Waals surface area contributed by atoms with Crippen LogP contribution in [-0.4, -0.2) is 40.0 Å². The standard InChI is InChI=1S/C9H14N4O3/c14-8(15)7-11-9(16)10-3-1-5-13-6-2-4-12-13/h2,4,6H,1,3,5,7H2,(H,14,15)(H2,10,11,16). The van der Waals surface area contributed by atoms with Gasteiger partial charge < -0.3 is 15.7 Å². The average Bonchev–Trinajstić information content (AvgIpc) is 2.74. The SMILES string of the molecule is O=C(O)CNC(=O)NCCCn1cccn1. The predicted molar refractivity (Wildman–Crippen MR) is 55.9 cm³/mol. The van der Waals surface area contributed by atoms with E-state index in [1.54, 1.807) is 10.9 Å². The summed E-state index contributed by atoms with van der Waals surface area (Å²) in [6.07, 6.45) is 4.26. The molecule has 0 unspecified atom stereocenters. The van der Waals surface area contributed by atoms with Gasteiger partial charge in [-0.05, 0) is 12.5 Å². The van der Waals surface area contributed by atoms with Crippen LogP contribution in [0.4, 0.5) is 4.79 Å². The van der Waals surface area contributed by atoms with Gasteiger partial charge in [0.05, 0.1) is 0 Å². The third-order valence-corrected chi connectivity index (χ3v) is 1.81. The summed E-state index contributed by atoms with van der Waals surface area (Å²) in [5.41, 5.74) is 0. The van der Waals surface area contributed by atoms with Gasteiger partial charge in [-0.1, -0.05) is 0 Å². The molecule has 0 saturated carbocycles. The van der Waals surface area contributed by atoms with Crippen molar-refractivity contribution in [3.8, 4) is 0 Å². The fourth-order valence-electron chi connectivity index (χ4n) is 1.09. The molecule has 0 bridgehead atoms. The molecule has 7 nitrogen and oxygen atoms in total. The van der Waals surface area contributed by atoms with Crippen molar-refractivity contribution in [1.29, 1.82) is 0 Å². The van der Waals surface area contributed by atoms with E-state index in [1.807, 2.05) is 12.3 Å². The Morgan fingerprint density at radius 1 is 1.38 bits per heavy atom. The summed E-state index contributed by atoms with van der Waals surface area (Å²) >= 11 is 0. The Labute approximate surface area is 92.4 Å². The first-order valence-corrected chi connectivity index (χ1v) is 4.89. The van der Waals surface area contributed by atoms with E-state index in [9.17, 15) is 9.59 Å². The lowest BCUT2D eigenvalue weighted by Crippen LogP contribution is -2.39. The number of amides is 2. The zero-order valence-electron chi connectivity index (χ0n) is 8.72. The van der Waals surface area contributed by atoms with Gasteiger partial charge in [-0.2, -0.15) is 5.10 Å². The second kappa shape index (κ2) is 6.44. The van der Waals surface area contributed by atoms with Gasteiger partial charge in [0.15, 0.2) is 0 Å². The molecule has 0 saturated heterocycles. The van der Waals surface area contributed by atoms with Crippen molar-refractivity contribution in [1.82, 2.24) is 20.4 Å². The van der Waals surface area contributed by atoms with E-state index in [1.165, 1.54) is 0 Å². The highest BCUT2D eigenvalue weighted by atomic mass is 16.4. The van der Waals surface area contributed by atoms with E-state index >= 15 is 0 Å². The molecule has 0 aliphatic carbocycles. The van der Waals surface area contributed by atoms with Gasteiger partial charge >= 0.3 is 12.0 Å². The first-order chi connectivity index (χ1) is 7.68. The average molecular weight is 226 g/mol. The molecule has 0 aliphatic rings. The third kappa shape index (κ3) is 4.99. The van der Waals surface area contributed by atoms with E-state index in [0.29, 0.717) is 13.1 Å². The van der Waals surface area contributed by atoms with Gasteiger partial charge in [0.25, 0.3) is 0 Å². The summed E-state index contributed by atoms with van der Waals surface area (Å²) in [4.78, 5) is 21.1. The molecule has 0 aliphatic heterocycles. The van der Waals surface area contributed by atoms with Gasteiger partial charge in [0.1, 0.15) is 6.54 Å². The molecule has 1 heterocycles. The topological polar surface area (TPSA) is 96.3 Å². The summed E-state index contributed by atoms with van der Waals surface area (Å²) in [5.74, 6) is -1.06. The molecule has 2 amide bonds. The first kappa shape index (κ1) is 12.0. The van der Waals surface area contributed by atoms with Crippen molar-refractivity contribution in [3.63, 3.8) is 0 Å². The fraction of sp³-hybridized carbons (Fsp3) is 0.444. The Hall–Kier alpha value is -2.05. The Bertz CT molecular complexity index is 337. The molecule has 16 heavy (non-hydrogen) atoms. The van der Waals surface area contributed by atoms with Crippen LogP contribution in [0.5, 0.6) is 0 Å². The zero-order chi connectivity index (χ0) is 11.8. The Kier molecular flexibility index (Phi) is 4.84. The number of nitrogens with one attached hydrogen (secondary N) is 2. The molecule has 1 aromatic rings. The molecule has 3 N–H and O–H groups in total. The van der Waals surface area contributed by atoms with E-state index in [4.69, 9.17) is 5.11 Å². The Morgan fingerprint density at radius 3 is 2.81 bits per heavy atom. The molecule has 1 rings (SSSR count). The minimum absolute atomic E-state index is 0.370. The lowest BCUT2D eigenvalue weighted by atomic mass is 10.4. The number of urea groups is 1. The molecular weight excluding hydrogens is 212 g/mol. The van der Waals surface area contributed by atoms with Crippen molar-refractivity contribution in [2.75, 3.05) is 13.1 Å². The summed E-state index contributed by atoms with van der Waals surface area (Å²) in [7, 11) is 0. The number of nitrogens with zero attached hydrogens (tertiary/aromatic N) is 2. The minimum Gasteiger partial charge on any atom is -0.480 e. The number of aryl methyl sites for hydroxylation is 1. The molecule has 0 atom stereocenters. The number of carboxylic acid groups (broad SMARTS) is 1. The van der Waals surface area contributed by atoms with E-state index in [-0.39, 0.29) is 6.54 Å². The lowest BCUT2D eigenvalue weighted by molar-refractivity contribution is -0.135. The monoisotopic (exact) mass is 226 g/mol. The zero-order valence-corrected chi connectivity index (χ0v) is 8.72. The molecule has 0 fully saturated rings. The number of rotatable bonds is 6. The first-order valence-electron chi connectivity index (χ1n) is 4.89. The van der Waals surface area contributed by atoms with E-state index in [2.05, 4.69) is 15.7 Å². The highest BCUT2D eigenvalue weighted by Crippen LogP contribution is 1.87. The van der Waals surface area contributed by atoms with Crippen molar-refractivity contribution in [2.45, 2.75) is 13.0 Å². The minimum atomic E-state index is -1.06. The van der Waals surface area contributed by atoms with Gasteiger partial charge in [0, 0.05) is 25.5 Å². The van der Waals surface area contributed by atoms with Gasteiger partial charge in [-0.3, -0.25) is 9.48 Å². The van der Waals surface area contributed by atoms with Crippen LogP contribution in [0.25, 0.3) is 0 Å². The van der Waals surface area contributed by atoms with Crippen molar-refractivity contribution in [2.24, 2.45) is 0 Å². The van der Waals surface area contributed by atoms with Gasteiger partial charge in [0.2, 0.25) is 0 Å². The molecule has 88 valence electrons. The van der Waals surface area contributed by atoms with Crippen molar-refractivity contribution in [3.05, 3.63) is 18.5 Å². The fourth-order valence-corrected chi connectivity index (χ4v) is 1.09. The van der Waals surface area contributed by atoms with E-state index in [0.717, 1.165) is 6.42 Å². The smallest absolute Gasteiger partial charge is 0.323 e. The highest BCUT2D eigenvalue weighted by Gasteiger charge is 2.01. The third-order valence-electron chi connectivity index (χ3n) is 1.81. The van der Waals surface area contributed by atoms with Crippen LogP contribution in [-0.2, 0) is 11.3 Å². The van der Waals surface area contributed by atoms with Gasteiger partial charge in [-0.15, -0.1) is 0 Å². The number of aromatic nitrogens is 2. The maximum atomic E-state index is 11.0. The summed E-state index contributed by atoms with van der Waals surface area (Å²) < 4.78 is 1.76. The Balaban J connectivity index is 2.02. The van der Waals surface area contributed by atoms with Crippen LogP contribution in [0.1, 0.15) is 6.42 Å². The maximum absolute atomic E-state index is 11.0. The number of carbonyl (C=O) groups excluding carboxylic acids is 1. The molecule has 7 heteroatoms. The Morgan fingerprint density at radius 2 is 2.19 bits per heavy atom. The van der Waals surface area contributed by atoms with Crippen LogP contribution in [0.15, 0.2) is 18.5 Å². The second-order valence-corrected chi connectivity index (χ2v) is 3.13. The van der Waals surface area contributed by atoms with Crippen molar-refractivity contribution < 1.29 is 14.7 Å². The number of aliphatic carboxylic acids is 1. The normalized spacial score (nSPS) is 9.75. The van der Waals surface area contributed by atoms with E-state index < -0.39 is 12.0 Å². The van der Waals surface area contributed by atoms with Gasteiger partial charge in [-0.25, -0.2) is 4.79 Å². The largest absolute Gasteiger partial charge is 0.480 e. The molecule has 0 radical (unpaired) electrons. The van der Waals surface area contributed by atoms with Crippen LogP contribution in [0.3, 0.4) is 0 Å². The number of carbonyl (C=O) groups is 2. The summed E-state index contributed by atoms with van der Waals surface area (Å²) in [5, 5.41) is 17.1. The van der Waals surface area contributed by atoms with Crippen LogP contribution in [0, 0.1) is 0 Å². The second-order valence-electron chi connectivity index (χ2n) is 3.13. The number of hydrogen-bond acceptors (Lipinski definition) is 3. The molecule has 0 aromatic carbocycles. The van der Waals surface area contributed by atoms with Crippen molar-refractivity contribution >= 4 is 12.0 Å².